The van der Waals surface area contributed by atoms with Crippen molar-refractivity contribution in [2.24, 2.45) is 0 Å². The molecular weight excluding hydrogens is 409 g/mol. The number of morpholine rings is 1. The molecule has 0 spiro atoms. The van der Waals surface area contributed by atoms with Crippen LogP contribution in [0.3, 0.4) is 0 Å². The Morgan fingerprint density at radius 1 is 1.06 bits per heavy atom. The molecule has 3 aromatic rings. The molecule has 3 aromatic heterocycles. The standard InChI is InChI=1S/C22H23F3N4O2/c23-22(24,25)17-11-28-21-16(17)9-14(10-27-21)18-2-1-15(13-3-6-30-7-4-13)20(29-18)19-12-31-8-5-26-19/h1-2,9-11,13,19,26H,3-8,12H2,(H,27,28)/t19-/m1/s1. The maximum atomic E-state index is 13.4. The summed E-state index contributed by atoms with van der Waals surface area (Å²) in [4.78, 5) is 11.7. The van der Waals surface area contributed by atoms with Crippen molar-refractivity contribution in [3.63, 3.8) is 0 Å². The van der Waals surface area contributed by atoms with E-state index in [1.54, 1.807) is 6.20 Å². The van der Waals surface area contributed by atoms with Crippen molar-refractivity contribution in [2.75, 3.05) is 33.0 Å². The van der Waals surface area contributed by atoms with Crippen LogP contribution in [0.5, 0.6) is 0 Å². The summed E-state index contributed by atoms with van der Waals surface area (Å²) in [6.45, 7) is 3.33. The Hall–Kier alpha value is -2.49. The number of alkyl halides is 3. The molecule has 0 unspecified atom stereocenters. The molecule has 5 heterocycles. The summed E-state index contributed by atoms with van der Waals surface area (Å²) in [5.74, 6) is 0.344. The molecule has 0 radical (unpaired) electrons. The topological polar surface area (TPSA) is 72.1 Å². The van der Waals surface area contributed by atoms with Crippen molar-refractivity contribution in [3.05, 3.63) is 47.4 Å². The number of aromatic nitrogens is 3. The zero-order valence-corrected chi connectivity index (χ0v) is 16.8. The predicted octanol–water partition coefficient (Wildman–Crippen LogP) is 4.20. The molecule has 0 saturated carbocycles. The number of H-pyrrole nitrogens is 1. The fourth-order valence-corrected chi connectivity index (χ4v) is 4.40. The monoisotopic (exact) mass is 432 g/mol. The van der Waals surface area contributed by atoms with Crippen LogP contribution in [-0.2, 0) is 15.7 Å². The van der Waals surface area contributed by atoms with Crippen molar-refractivity contribution < 1.29 is 22.6 Å². The Balaban J connectivity index is 1.57. The van der Waals surface area contributed by atoms with Crippen LogP contribution >= 0.6 is 0 Å². The molecule has 0 amide bonds. The Morgan fingerprint density at radius 3 is 2.65 bits per heavy atom. The van der Waals surface area contributed by atoms with Gasteiger partial charge in [0.15, 0.2) is 0 Å². The third-order valence-corrected chi connectivity index (χ3v) is 6.00. The number of hydrogen-bond donors (Lipinski definition) is 2. The van der Waals surface area contributed by atoms with Gasteiger partial charge in [0.25, 0.3) is 0 Å². The summed E-state index contributed by atoms with van der Waals surface area (Å²) in [7, 11) is 0. The summed E-state index contributed by atoms with van der Waals surface area (Å²) in [6.07, 6.45) is -0.0872. The van der Waals surface area contributed by atoms with Gasteiger partial charge < -0.3 is 19.8 Å². The third kappa shape index (κ3) is 4.05. The minimum absolute atomic E-state index is 0.0426. The Labute approximate surface area is 177 Å². The van der Waals surface area contributed by atoms with Crippen LogP contribution in [0.4, 0.5) is 13.2 Å². The number of halogens is 3. The van der Waals surface area contributed by atoms with Crippen LogP contribution < -0.4 is 5.32 Å². The lowest BCUT2D eigenvalue weighted by Gasteiger charge is -2.29. The van der Waals surface area contributed by atoms with Gasteiger partial charge >= 0.3 is 6.18 Å². The van der Waals surface area contributed by atoms with Gasteiger partial charge in [0, 0.05) is 43.1 Å². The summed E-state index contributed by atoms with van der Waals surface area (Å²) >= 11 is 0. The second kappa shape index (κ2) is 8.22. The number of nitrogens with one attached hydrogen (secondary N) is 2. The van der Waals surface area contributed by atoms with Gasteiger partial charge in [0.05, 0.1) is 36.2 Å². The van der Waals surface area contributed by atoms with Crippen molar-refractivity contribution in [3.8, 4) is 11.3 Å². The first-order chi connectivity index (χ1) is 15.0. The first kappa shape index (κ1) is 20.4. The highest BCUT2D eigenvalue weighted by atomic mass is 19.4. The van der Waals surface area contributed by atoms with Crippen LogP contribution in [0.2, 0.25) is 0 Å². The third-order valence-electron chi connectivity index (χ3n) is 6.00. The van der Waals surface area contributed by atoms with E-state index in [-0.39, 0.29) is 17.1 Å². The van der Waals surface area contributed by atoms with Crippen molar-refractivity contribution in [1.29, 1.82) is 0 Å². The van der Waals surface area contributed by atoms with Crippen LogP contribution in [0.15, 0.2) is 30.6 Å². The maximum absolute atomic E-state index is 13.4. The van der Waals surface area contributed by atoms with E-state index in [1.165, 1.54) is 6.07 Å². The average molecular weight is 432 g/mol. The van der Waals surface area contributed by atoms with E-state index in [1.807, 2.05) is 6.07 Å². The van der Waals surface area contributed by atoms with E-state index in [0.29, 0.717) is 30.4 Å². The number of pyridine rings is 2. The summed E-state index contributed by atoms with van der Waals surface area (Å²) in [5.41, 5.74) is 2.68. The van der Waals surface area contributed by atoms with E-state index in [2.05, 4.69) is 21.4 Å². The minimum Gasteiger partial charge on any atom is -0.381 e. The van der Waals surface area contributed by atoms with Crippen molar-refractivity contribution in [2.45, 2.75) is 31.0 Å². The second-order valence-corrected chi connectivity index (χ2v) is 7.96. The number of fused-ring (bicyclic) bond motifs is 1. The summed E-state index contributed by atoms with van der Waals surface area (Å²) in [6, 6.07) is 5.38. The SMILES string of the molecule is FC(F)(F)c1c[nH]c2ncc(-c3ccc(C4CCOCC4)c([C@H]4COCCN4)n3)cc12. The average Bonchev–Trinajstić information content (AvgIpc) is 3.24. The highest BCUT2D eigenvalue weighted by molar-refractivity contribution is 5.84. The van der Waals surface area contributed by atoms with E-state index in [0.717, 1.165) is 50.1 Å². The molecule has 164 valence electrons. The predicted molar refractivity (Wildman–Crippen MR) is 109 cm³/mol. The molecule has 0 bridgehead atoms. The maximum Gasteiger partial charge on any atom is 0.418 e. The molecular formula is C22H23F3N4O2. The normalized spacial score (nSPS) is 20.9. The Bertz CT molecular complexity index is 1070. The molecule has 31 heavy (non-hydrogen) atoms. The number of nitrogens with zero attached hydrogens (tertiary/aromatic N) is 2. The molecule has 2 fully saturated rings. The Kier molecular flexibility index (Phi) is 5.41. The molecule has 0 aliphatic carbocycles. The number of aromatic amines is 1. The van der Waals surface area contributed by atoms with Gasteiger partial charge in [-0.3, -0.25) is 4.98 Å². The van der Waals surface area contributed by atoms with E-state index >= 15 is 0 Å². The van der Waals surface area contributed by atoms with Gasteiger partial charge in [-0.05, 0) is 36.5 Å². The van der Waals surface area contributed by atoms with Gasteiger partial charge in [0.1, 0.15) is 5.65 Å². The lowest BCUT2D eigenvalue weighted by molar-refractivity contribution is -0.136. The van der Waals surface area contributed by atoms with Gasteiger partial charge in [-0.2, -0.15) is 13.2 Å². The fraction of sp³-hybridized carbons (Fsp3) is 0.455. The van der Waals surface area contributed by atoms with Crippen LogP contribution in [0.1, 0.15) is 41.6 Å². The van der Waals surface area contributed by atoms with Crippen LogP contribution in [0, 0.1) is 0 Å². The molecule has 5 rings (SSSR count). The zero-order valence-electron chi connectivity index (χ0n) is 16.8. The van der Waals surface area contributed by atoms with Crippen molar-refractivity contribution in [1.82, 2.24) is 20.3 Å². The molecule has 2 aliphatic heterocycles. The molecule has 9 heteroatoms. The molecule has 2 aliphatic rings. The summed E-state index contributed by atoms with van der Waals surface area (Å²) < 4.78 is 51.2. The van der Waals surface area contributed by atoms with Crippen LogP contribution in [-0.4, -0.2) is 47.9 Å². The van der Waals surface area contributed by atoms with E-state index < -0.39 is 11.7 Å². The fourth-order valence-electron chi connectivity index (χ4n) is 4.40. The first-order valence-corrected chi connectivity index (χ1v) is 10.4. The molecule has 6 nitrogen and oxygen atoms in total. The van der Waals surface area contributed by atoms with Crippen LogP contribution in [0.25, 0.3) is 22.3 Å². The molecule has 1 atom stereocenters. The smallest absolute Gasteiger partial charge is 0.381 e. The molecule has 2 saturated heterocycles. The van der Waals surface area contributed by atoms with Gasteiger partial charge in [-0.15, -0.1) is 0 Å². The Morgan fingerprint density at radius 2 is 1.90 bits per heavy atom. The summed E-state index contributed by atoms with van der Waals surface area (Å²) in [5, 5.41) is 3.50. The van der Waals surface area contributed by atoms with Gasteiger partial charge in [-0.1, -0.05) is 6.07 Å². The largest absolute Gasteiger partial charge is 0.418 e. The molecule has 2 N–H and O–H groups in total. The lowest BCUT2D eigenvalue weighted by Crippen LogP contribution is -2.36. The van der Waals surface area contributed by atoms with Gasteiger partial charge in [0.2, 0.25) is 0 Å². The number of hydrogen-bond acceptors (Lipinski definition) is 5. The minimum atomic E-state index is -4.45. The van der Waals surface area contributed by atoms with E-state index in [4.69, 9.17) is 14.5 Å². The lowest BCUT2D eigenvalue weighted by atomic mass is 9.88. The number of rotatable bonds is 3. The number of ether oxygens (including phenoxy) is 2. The van der Waals surface area contributed by atoms with Crippen molar-refractivity contribution >= 4 is 11.0 Å². The second-order valence-electron chi connectivity index (χ2n) is 7.96. The first-order valence-electron chi connectivity index (χ1n) is 10.4. The zero-order chi connectivity index (χ0) is 21.4. The molecule has 0 aromatic carbocycles. The van der Waals surface area contributed by atoms with E-state index in [9.17, 15) is 13.2 Å². The highest BCUT2D eigenvalue weighted by Gasteiger charge is 2.34. The quantitative estimate of drug-likeness (QED) is 0.649. The highest BCUT2D eigenvalue weighted by Crippen LogP contribution is 2.37. The van der Waals surface area contributed by atoms with Gasteiger partial charge in [-0.25, -0.2) is 4.98 Å².